The van der Waals surface area contributed by atoms with Crippen molar-refractivity contribution in [1.82, 2.24) is 15.0 Å². The van der Waals surface area contributed by atoms with Crippen LogP contribution in [0.4, 0.5) is 0 Å². The molecule has 0 aliphatic heterocycles. The molecule has 5 rings (SSSR count). The van der Waals surface area contributed by atoms with Gasteiger partial charge < -0.3 is 9.84 Å². The molecule has 0 bridgehead atoms. The monoisotopic (exact) mass is 535 g/mol. The summed E-state index contributed by atoms with van der Waals surface area (Å²) in [5.41, 5.74) is 3.74. The molecule has 1 N–H and O–H groups in total. The molecule has 3 aromatic heterocycles. The van der Waals surface area contributed by atoms with E-state index < -0.39 is 5.41 Å². The Hall–Kier alpha value is -3.57. The molecule has 1 aliphatic carbocycles. The Morgan fingerprint density at radius 1 is 0.850 bits per heavy atom. The minimum atomic E-state index is -0.758. The van der Waals surface area contributed by atoms with Crippen LogP contribution in [0.3, 0.4) is 0 Å². The zero-order valence-corrected chi connectivity index (χ0v) is 23.9. The van der Waals surface area contributed by atoms with Crippen LogP contribution in [0.2, 0.25) is 0 Å². The maximum atomic E-state index is 9.99. The molecular weight excluding hydrogens is 494 g/mol. The fourth-order valence-corrected chi connectivity index (χ4v) is 6.30. The average molecular weight is 536 g/mol. The van der Waals surface area contributed by atoms with Crippen LogP contribution in [0.1, 0.15) is 70.0 Å². The maximum absolute atomic E-state index is 9.99. The number of rotatable bonds is 10. The van der Waals surface area contributed by atoms with Gasteiger partial charge in [0.25, 0.3) is 0 Å². The summed E-state index contributed by atoms with van der Waals surface area (Å²) in [6.45, 7) is 6.99. The van der Waals surface area contributed by atoms with Crippen LogP contribution in [0.15, 0.2) is 91.1 Å². The largest absolute Gasteiger partial charge is 0.474 e. The highest BCUT2D eigenvalue weighted by atomic mass is 16.5. The van der Waals surface area contributed by atoms with Gasteiger partial charge in [-0.1, -0.05) is 75.7 Å². The van der Waals surface area contributed by atoms with Gasteiger partial charge in [-0.25, -0.2) is 4.98 Å². The molecule has 1 fully saturated rings. The van der Waals surface area contributed by atoms with Crippen molar-refractivity contribution < 1.29 is 9.84 Å². The molecule has 4 atom stereocenters. The number of pyridine rings is 3. The first-order valence-corrected chi connectivity index (χ1v) is 14.7. The Labute approximate surface area is 238 Å². The first-order chi connectivity index (χ1) is 19.5. The maximum Gasteiger partial charge on any atom is 0.213 e. The summed E-state index contributed by atoms with van der Waals surface area (Å²) in [7, 11) is 0. The van der Waals surface area contributed by atoms with Crippen molar-refractivity contribution in [3.8, 4) is 17.1 Å². The van der Waals surface area contributed by atoms with Crippen molar-refractivity contribution in [1.29, 1.82) is 0 Å². The number of ether oxygens (including phenoxy) is 1. The summed E-state index contributed by atoms with van der Waals surface area (Å²) in [6.07, 6.45) is 6.64. The van der Waals surface area contributed by atoms with Crippen molar-refractivity contribution in [2.24, 2.45) is 17.8 Å². The van der Waals surface area contributed by atoms with Crippen LogP contribution in [0.25, 0.3) is 11.3 Å². The predicted molar refractivity (Wildman–Crippen MR) is 160 cm³/mol. The lowest BCUT2D eigenvalue weighted by atomic mass is 9.73. The highest BCUT2D eigenvalue weighted by Crippen LogP contribution is 2.42. The van der Waals surface area contributed by atoms with Crippen molar-refractivity contribution in [3.05, 3.63) is 108 Å². The smallest absolute Gasteiger partial charge is 0.213 e. The summed E-state index contributed by atoms with van der Waals surface area (Å²) < 4.78 is 6.70. The Morgan fingerprint density at radius 2 is 1.57 bits per heavy atom. The second-order valence-corrected chi connectivity index (χ2v) is 11.6. The SMILES string of the molecule is CC(C)[C@@H]1CC[C@@H](C)C[C@H]1Oc1cccc(C(CCCO)(c2ccccn2)c2cccc(-c3ccccc3)n2)n1. The molecule has 0 spiro atoms. The van der Waals surface area contributed by atoms with E-state index in [1.165, 1.54) is 12.8 Å². The lowest BCUT2D eigenvalue weighted by Gasteiger charge is -2.37. The van der Waals surface area contributed by atoms with Gasteiger partial charge in [0.1, 0.15) is 6.10 Å². The second kappa shape index (κ2) is 12.7. The molecule has 1 saturated carbocycles. The summed E-state index contributed by atoms with van der Waals surface area (Å²) in [5.74, 6) is 2.36. The van der Waals surface area contributed by atoms with Crippen LogP contribution < -0.4 is 4.74 Å². The first kappa shape index (κ1) is 28.0. The summed E-state index contributed by atoms with van der Waals surface area (Å²) in [6, 6.07) is 28.4. The van der Waals surface area contributed by atoms with Crippen LogP contribution >= 0.6 is 0 Å². The Bertz CT molecular complexity index is 1360. The molecule has 1 unspecified atom stereocenters. The van der Waals surface area contributed by atoms with Gasteiger partial charge in [-0.05, 0) is 73.8 Å². The van der Waals surface area contributed by atoms with E-state index in [9.17, 15) is 5.11 Å². The van der Waals surface area contributed by atoms with E-state index in [0.717, 1.165) is 34.8 Å². The van der Waals surface area contributed by atoms with Gasteiger partial charge in [-0.3, -0.25) is 9.97 Å². The van der Waals surface area contributed by atoms with Crippen LogP contribution in [-0.4, -0.2) is 32.8 Å². The van der Waals surface area contributed by atoms with Crippen molar-refractivity contribution in [2.45, 2.75) is 64.4 Å². The third-order valence-corrected chi connectivity index (χ3v) is 8.46. The normalized spacial score (nSPS) is 20.7. The van der Waals surface area contributed by atoms with Crippen LogP contribution in [-0.2, 0) is 5.41 Å². The first-order valence-electron chi connectivity index (χ1n) is 14.7. The fourth-order valence-electron chi connectivity index (χ4n) is 6.30. The Kier molecular flexibility index (Phi) is 8.91. The number of benzene rings is 1. The number of aliphatic hydroxyl groups excluding tert-OH is 1. The van der Waals surface area contributed by atoms with Gasteiger partial charge in [-0.15, -0.1) is 0 Å². The third-order valence-electron chi connectivity index (χ3n) is 8.46. The van der Waals surface area contributed by atoms with E-state index >= 15 is 0 Å². The fraction of sp³-hybridized carbons (Fsp3) is 0.400. The van der Waals surface area contributed by atoms with Crippen LogP contribution in [0.5, 0.6) is 5.88 Å². The van der Waals surface area contributed by atoms with Gasteiger partial charge in [0.2, 0.25) is 5.88 Å². The Morgan fingerprint density at radius 3 is 2.30 bits per heavy atom. The molecule has 40 heavy (non-hydrogen) atoms. The molecule has 0 saturated heterocycles. The van der Waals surface area contributed by atoms with E-state index in [4.69, 9.17) is 19.7 Å². The van der Waals surface area contributed by atoms with E-state index in [2.05, 4.69) is 51.1 Å². The van der Waals surface area contributed by atoms with Gasteiger partial charge in [0.15, 0.2) is 0 Å². The molecule has 4 aromatic rings. The van der Waals surface area contributed by atoms with E-state index in [1.54, 1.807) is 0 Å². The van der Waals surface area contributed by atoms with Crippen LogP contribution in [0, 0.1) is 17.8 Å². The third kappa shape index (κ3) is 5.95. The van der Waals surface area contributed by atoms with E-state index in [-0.39, 0.29) is 12.7 Å². The molecule has 0 amide bonds. The zero-order chi connectivity index (χ0) is 28.0. The minimum Gasteiger partial charge on any atom is -0.474 e. The lowest BCUT2D eigenvalue weighted by molar-refractivity contribution is 0.0424. The minimum absolute atomic E-state index is 0.0686. The number of aliphatic hydroxyl groups is 1. The van der Waals surface area contributed by atoms with Gasteiger partial charge >= 0.3 is 0 Å². The zero-order valence-electron chi connectivity index (χ0n) is 23.9. The summed E-state index contributed by atoms with van der Waals surface area (Å²) in [5, 5.41) is 9.99. The molecule has 1 aromatic carbocycles. The molecule has 3 heterocycles. The molecule has 0 radical (unpaired) electrons. The predicted octanol–water partition coefficient (Wildman–Crippen LogP) is 7.49. The molecule has 208 valence electrons. The average Bonchev–Trinajstić information content (AvgIpc) is 2.99. The Balaban J connectivity index is 1.63. The number of aromatic nitrogens is 3. The van der Waals surface area contributed by atoms with Crippen molar-refractivity contribution in [3.63, 3.8) is 0 Å². The van der Waals surface area contributed by atoms with Gasteiger partial charge in [0.05, 0.1) is 28.2 Å². The highest BCUT2D eigenvalue weighted by molar-refractivity contribution is 5.60. The second-order valence-electron chi connectivity index (χ2n) is 11.6. The van der Waals surface area contributed by atoms with Crippen molar-refractivity contribution >= 4 is 0 Å². The number of nitrogens with zero attached hydrogens (tertiary/aromatic N) is 3. The highest BCUT2D eigenvalue weighted by Gasteiger charge is 2.41. The van der Waals surface area contributed by atoms with E-state index in [0.29, 0.717) is 36.5 Å². The topological polar surface area (TPSA) is 68.1 Å². The molecule has 5 heteroatoms. The lowest BCUT2D eigenvalue weighted by Crippen LogP contribution is -2.37. The van der Waals surface area contributed by atoms with Gasteiger partial charge in [0, 0.05) is 24.4 Å². The summed E-state index contributed by atoms with van der Waals surface area (Å²) >= 11 is 0. The molecule has 1 aliphatic rings. The summed E-state index contributed by atoms with van der Waals surface area (Å²) in [4.78, 5) is 15.2. The standard InChI is InChI=1S/C35H41N3O2/c1-25(2)28-20-19-26(3)24-30(28)40-34-18-10-17-33(38-34)35(21-11-23-39,31-15-7-8-22-36-31)32-16-9-14-29(37-32)27-12-5-4-6-13-27/h4-10,12-18,22,25-26,28,30,39H,11,19-21,23-24H2,1-3H3/t26-,28+,30-,35?/m1/s1. The number of hydrogen-bond donors (Lipinski definition) is 1. The van der Waals surface area contributed by atoms with Gasteiger partial charge in [-0.2, -0.15) is 0 Å². The van der Waals surface area contributed by atoms with E-state index in [1.807, 2.05) is 60.8 Å². The molecule has 5 nitrogen and oxygen atoms in total. The molecular formula is C35H41N3O2. The number of hydrogen-bond acceptors (Lipinski definition) is 5. The quantitative estimate of drug-likeness (QED) is 0.228. The van der Waals surface area contributed by atoms with Crippen molar-refractivity contribution in [2.75, 3.05) is 6.61 Å².